The van der Waals surface area contributed by atoms with Gasteiger partial charge in [-0.05, 0) is 72.5 Å². The first-order valence-electron chi connectivity index (χ1n) is 20.7. The Morgan fingerprint density at radius 3 is 1.39 bits per heavy atom. The number of carbonyl (C=O) groups excluding carboxylic acids is 3. The Hall–Kier alpha value is -2.39. The number of unbranched alkanes of at least 4 members (excludes halogenated alkanes) is 16. The number of likely N-dealkylation sites (N-methyl/N-ethyl adjacent to an activating group) is 2. The van der Waals surface area contributed by atoms with E-state index in [0.717, 1.165) is 90.1 Å². The van der Waals surface area contributed by atoms with Crippen molar-refractivity contribution >= 4 is 18.0 Å². The van der Waals surface area contributed by atoms with Crippen molar-refractivity contribution in [3.8, 4) is 0 Å². The highest BCUT2D eigenvalue weighted by atomic mass is 16.6. The first-order valence-corrected chi connectivity index (χ1v) is 20.7. The molecule has 0 aromatic carbocycles. The molecule has 0 aliphatic rings. The van der Waals surface area contributed by atoms with Crippen LogP contribution in [0.1, 0.15) is 155 Å². The molecule has 0 fully saturated rings. The quantitative estimate of drug-likeness (QED) is 0.0274. The van der Waals surface area contributed by atoms with Crippen LogP contribution in [-0.4, -0.2) is 106 Å². The zero-order valence-corrected chi connectivity index (χ0v) is 33.8. The monoisotopic (exact) mass is 722 g/mol. The zero-order valence-electron chi connectivity index (χ0n) is 33.8. The molecule has 0 aromatic heterocycles. The lowest BCUT2D eigenvalue weighted by Crippen LogP contribution is -2.36. The molecule has 0 aromatic rings. The normalized spacial score (nSPS) is 11.7. The number of allylic oxidation sites excluding steroid dienone is 2. The van der Waals surface area contributed by atoms with Crippen molar-refractivity contribution in [1.29, 1.82) is 0 Å². The molecule has 0 N–H and O–H groups in total. The summed E-state index contributed by atoms with van der Waals surface area (Å²) < 4.78 is 16.3. The molecule has 0 atom stereocenters. The zero-order chi connectivity index (χ0) is 37.6. The molecular weight excluding hydrogens is 642 g/mol. The van der Waals surface area contributed by atoms with Crippen LogP contribution in [0.3, 0.4) is 0 Å². The number of hydrogen-bond acceptors (Lipinski definition) is 8. The Bertz CT molecular complexity index is 827. The summed E-state index contributed by atoms with van der Waals surface area (Å²) in [6.45, 7) is 9.52. The fourth-order valence-electron chi connectivity index (χ4n) is 5.54. The summed E-state index contributed by atoms with van der Waals surface area (Å²) in [6, 6.07) is 0. The van der Waals surface area contributed by atoms with Crippen LogP contribution >= 0.6 is 0 Å². The van der Waals surface area contributed by atoms with Crippen molar-refractivity contribution in [2.24, 2.45) is 0 Å². The standard InChI is InChI=1S/C42H79N3O6/c1-6-8-10-12-14-22-28-37-49-40(46)30-24-18-16-20-26-32-45(42(48)51-39-36-44(5)35-34-43(3)4)33-27-21-17-19-25-31-41(47)50-38-29-23-15-13-11-9-7-2/h22-23,28-29H,6-21,24-27,30-39H2,1-5H3/b28-22+,29-23+. The molecule has 9 nitrogen and oxygen atoms in total. The van der Waals surface area contributed by atoms with Gasteiger partial charge in [0.05, 0.1) is 0 Å². The predicted octanol–water partition coefficient (Wildman–Crippen LogP) is 9.74. The maximum Gasteiger partial charge on any atom is 0.409 e. The molecule has 1 amide bonds. The molecule has 0 aliphatic carbocycles. The van der Waals surface area contributed by atoms with Gasteiger partial charge in [-0.3, -0.25) is 9.59 Å². The van der Waals surface area contributed by atoms with E-state index < -0.39 is 0 Å². The number of nitrogens with zero attached hydrogens (tertiary/aromatic N) is 3. The molecule has 0 bridgehead atoms. The van der Waals surface area contributed by atoms with Crippen molar-refractivity contribution in [2.75, 3.05) is 73.7 Å². The molecular formula is C42H79N3O6. The third kappa shape index (κ3) is 35.8. The van der Waals surface area contributed by atoms with E-state index >= 15 is 0 Å². The van der Waals surface area contributed by atoms with E-state index in [1.54, 1.807) is 0 Å². The molecule has 298 valence electrons. The van der Waals surface area contributed by atoms with Gasteiger partial charge >= 0.3 is 18.0 Å². The molecule has 9 heteroatoms. The number of hydrogen-bond donors (Lipinski definition) is 0. The molecule has 51 heavy (non-hydrogen) atoms. The minimum atomic E-state index is -0.230. The number of esters is 2. The summed E-state index contributed by atoms with van der Waals surface area (Å²) in [4.78, 5) is 43.3. The van der Waals surface area contributed by atoms with Gasteiger partial charge in [-0.1, -0.05) is 115 Å². The lowest BCUT2D eigenvalue weighted by molar-refractivity contribution is -0.143. The number of ether oxygens (including phenoxy) is 3. The van der Waals surface area contributed by atoms with Gasteiger partial charge in [-0.2, -0.15) is 0 Å². The second-order valence-corrected chi connectivity index (χ2v) is 14.3. The Labute approximate surface area is 313 Å². The fourth-order valence-corrected chi connectivity index (χ4v) is 5.54. The highest BCUT2D eigenvalue weighted by Gasteiger charge is 2.15. The van der Waals surface area contributed by atoms with E-state index in [-0.39, 0.29) is 18.0 Å². The largest absolute Gasteiger partial charge is 0.461 e. The van der Waals surface area contributed by atoms with E-state index in [9.17, 15) is 14.4 Å². The van der Waals surface area contributed by atoms with Crippen LogP contribution in [0, 0.1) is 0 Å². The Balaban J connectivity index is 4.29. The average molecular weight is 722 g/mol. The third-order valence-corrected chi connectivity index (χ3v) is 8.97. The molecule has 0 heterocycles. The van der Waals surface area contributed by atoms with Crippen molar-refractivity contribution < 1.29 is 28.6 Å². The molecule has 0 unspecified atom stereocenters. The molecule has 0 saturated carbocycles. The van der Waals surface area contributed by atoms with Gasteiger partial charge in [0.1, 0.15) is 19.8 Å². The van der Waals surface area contributed by atoms with Crippen LogP contribution in [0.5, 0.6) is 0 Å². The summed E-state index contributed by atoms with van der Waals surface area (Å²) in [7, 11) is 6.16. The minimum Gasteiger partial charge on any atom is -0.461 e. The van der Waals surface area contributed by atoms with Crippen LogP contribution < -0.4 is 0 Å². The van der Waals surface area contributed by atoms with Gasteiger partial charge in [0, 0.05) is 45.6 Å². The SMILES string of the molecule is CCCCCC/C=C/COC(=O)CCCCCCCN(CCCCCCCC(=O)OC/C=C/CCCCCC)C(=O)OCCN(C)CCN(C)C. The Morgan fingerprint density at radius 2 is 0.922 bits per heavy atom. The lowest BCUT2D eigenvalue weighted by Gasteiger charge is -2.24. The van der Waals surface area contributed by atoms with E-state index in [1.165, 1.54) is 51.4 Å². The summed E-state index contributed by atoms with van der Waals surface area (Å²) in [5.74, 6) is -0.244. The van der Waals surface area contributed by atoms with Gasteiger partial charge < -0.3 is 28.9 Å². The molecule has 0 rings (SSSR count). The lowest BCUT2D eigenvalue weighted by atomic mass is 10.1. The van der Waals surface area contributed by atoms with Crippen LogP contribution in [0.25, 0.3) is 0 Å². The van der Waals surface area contributed by atoms with Crippen molar-refractivity contribution in [3.05, 3.63) is 24.3 Å². The van der Waals surface area contributed by atoms with Crippen molar-refractivity contribution in [2.45, 2.75) is 155 Å². The highest BCUT2D eigenvalue weighted by Crippen LogP contribution is 2.11. The van der Waals surface area contributed by atoms with Crippen molar-refractivity contribution in [1.82, 2.24) is 14.7 Å². The van der Waals surface area contributed by atoms with Gasteiger partial charge in [-0.15, -0.1) is 0 Å². The average Bonchev–Trinajstić information content (AvgIpc) is 3.11. The summed E-state index contributed by atoms with van der Waals surface area (Å²) >= 11 is 0. The summed E-state index contributed by atoms with van der Waals surface area (Å²) in [5.41, 5.74) is 0. The van der Waals surface area contributed by atoms with Crippen LogP contribution in [-0.2, 0) is 23.8 Å². The fraction of sp³-hybridized carbons (Fsp3) is 0.833. The second kappa shape index (κ2) is 37.4. The number of carbonyl (C=O) groups is 3. The van der Waals surface area contributed by atoms with Crippen LogP contribution in [0.15, 0.2) is 24.3 Å². The summed E-state index contributed by atoms with van der Waals surface area (Å²) in [6.07, 6.45) is 30.5. The van der Waals surface area contributed by atoms with Gasteiger partial charge in [0.25, 0.3) is 0 Å². The maximum atomic E-state index is 13.0. The summed E-state index contributed by atoms with van der Waals surface area (Å²) in [5, 5.41) is 0. The van der Waals surface area contributed by atoms with E-state index in [0.29, 0.717) is 52.3 Å². The predicted molar refractivity (Wildman–Crippen MR) is 212 cm³/mol. The van der Waals surface area contributed by atoms with E-state index in [4.69, 9.17) is 14.2 Å². The van der Waals surface area contributed by atoms with Gasteiger partial charge in [0.2, 0.25) is 0 Å². The first-order chi connectivity index (χ1) is 24.8. The topological polar surface area (TPSA) is 88.6 Å². The Morgan fingerprint density at radius 1 is 0.471 bits per heavy atom. The molecule has 0 radical (unpaired) electrons. The van der Waals surface area contributed by atoms with Crippen LogP contribution in [0.2, 0.25) is 0 Å². The number of amides is 1. The van der Waals surface area contributed by atoms with E-state index in [1.807, 2.05) is 17.1 Å². The molecule has 0 saturated heterocycles. The maximum absolute atomic E-state index is 13.0. The molecule has 0 aliphatic heterocycles. The van der Waals surface area contributed by atoms with Crippen LogP contribution in [0.4, 0.5) is 4.79 Å². The molecule has 0 spiro atoms. The van der Waals surface area contributed by atoms with Gasteiger partial charge in [0.15, 0.2) is 0 Å². The Kier molecular flexibility index (Phi) is 35.6. The second-order valence-electron chi connectivity index (χ2n) is 14.3. The van der Waals surface area contributed by atoms with Crippen molar-refractivity contribution in [3.63, 3.8) is 0 Å². The smallest absolute Gasteiger partial charge is 0.409 e. The minimum absolute atomic E-state index is 0.122. The van der Waals surface area contributed by atoms with Gasteiger partial charge in [-0.25, -0.2) is 4.79 Å². The highest BCUT2D eigenvalue weighted by molar-refractivity contribution is 5.69. The third-order valence-electron chi connectivity index (χ3n) is 8.97. The first kappa shape index (κ1) is 48.6. The van der Waals surface area contributed by atoms with E-state index in [2.05, 4.69) is 56.9 Å². The number of rotatable bonds is 36.